The number of nitrogens with zero attached hydrogens (tertiary/aromatic N) is 2. The first kappa shape index (κ1) is 21.6. The topological polar surface area (TPSA) is 92.8 Å². The Labute approximate surface area is 176 Å². The second-order valence-corrected chi connectivity index (χ2v) is 7.20. The summed E-state index contributed by atoms with van der Waals surface area (Å²) < 4.78 is 10.5. The number of ether oxygens (including phenoxy) is 2. The number of amides is 2. The van der Waals surface area contributed by atoms with Gasteiger partial charge >= 0.3 is 0 Å². The van der Waals surface area contributed by atoms with Crippen LogP contribution in [0.3, 0.4) is 0 Å². The quantitative estimate of drug-likeness (QED) is 0.690. The number of anilines is 1. The van der Waals surface area contributed by atoms with E-state index in [0.29, 0.717) is 36.8 Å². The van der Waals surface area contributed by atoms with Crippen LogP contribution in [0.4, 0.5) is 5.69 Å². The molecular formula is C22H28N4O4. The fourth-order valence-electron chi connectivity index (χ4n) is 3.47. The van der Waals surface area contributed by atoms with Gasteiger partial charge in [0.1, 0.15) is 11.5 Å². The second kappa shape index (κ2) is 10.6. The van der Waals surface area contributed by atoms with Gasteiger partial charge in [-0.05, 0) is 50.2 Å². The zero-order valence-electron chi connectivity index (χ0n) is 17.4. The normalized spacial score (nSPS) is 14.7. The second-order valence-electron chi connectivity index (χ2n) is 7.20. The van der Waals surface area contributed by atoms with Crippen molar-refractivity contribution in [3.8, 4) is 11.5 Å². The van der Waals surface area contributed by atoms with E-state index in [1.807, 2.05) is 18.2 Å². The Hall–Kier alpha value is -3.13. The number of likely N-dealkylation sites (tertiary alicyclic amines) is 1. The van der Waals surface area contributed by atoms with Crippen LogP contribution in [-0.4, -0.2) is 55.6 Å². The summed E-state index contributed by atoms with van der Waals surface area (Å²) in [7, 11) is 3.13. The van der Waals surface area contributed by atoms with E-state index in [1.165, 1.54) is 0 Å². The highest BCUT2D eigenvalue weighted by molar-refractivity contribution is 5.93. The van der Waals surface area contributed by atoms with Crippen LogP contribution >= 0.6 is 0 Å². The molecule has 1 saturated heterocycles. The summed E-state index contributed by atoms with van der Waals surface area (Å²) in [5.41, 5.74) is 1.45. The van der Waals surface area contributed by atoms with E-state index in [-0.39, 0.29) is 24.3 Å². The van der Waals surface area contributed by atoms with Crippen LogP contribution in [0, 0.1) is 5.92 Å². The largest absolute Gasteiger partial charge is 0.497 e. The van der Waals surface area contributed by atoms with E-state index in [4.69, 9.17) is 9.47 Å². The first-order chi connectivity index (χ1) is 14.6. The summed E-state index contributed by atoms with van der Waals surface area (Å²) >= 11 is 0. The minimum Gasteiger partial charge on any atom is -0.497 e. The molecule has 1 aliphatic heterocycles. The summed E-state index contributed by atoms with van der Waals surface area (Å²) in [6.07, 6.45) is 3.17. The molecule has 0 saturated carbocycles. The lowest BCUT2D eigenvalue weighted by atomic mass is 9.96. The number of benzene rings is 1. The van der Waals surface area contributed by atoms with Crippen molar-refractivity contribution in [1.82, 2.24) is 15.2 Å². The van der Waals surface area contributed by atoms with Gasteiger partial charge in [-0.15, -0.1) is 0 Å². The van der Waals surface area contributed by atoms with E-state index < -0.39 is 0 Å². The number of aromatic nitrogens is 1. The van der Waals surface area contributed by atoms with Crippen LogP contribution in [0.25, 0.3) is 0 Å². The van der Waals surface area contributed by atoms with Gasteiger partial charge in [0.05, 0.1) is 38.7 Å². The van der Waals surface area contributed by atoms with Crippen molar-refractivity contribution in [2.75, 3.05) is 39.2 Å². The SMILES string of the molecule is COc1ccc(NC(=O)CN2CCC(C(=O)NCc3ccccn3)CC2)c(OC)c1. The van der Waals surface area contributed by atoms with E-state index >= 15 is 0 Å². The number of methoxy groups -OCH3 is 2. The maximum absolute atomic E-state index is 12.5. The number of pyridine rings is 1. The Bertz CT molecular complexity index is 851. The zero-order valence-corrected chi connectivity index (χ0v) is 17.4. The third-order valence-corrected chi connectivity index (χ3v) is 5.18. The summed E-state index contributed by atoms with van der Waals surface area (Å²) in [6.45, 7) is 2.12. The highest BCUT2D eigenvalue weighted by atomic mass is 16.5. The molecular weight excluding hydrogens is 384 g/mol. The molecule has 1 fully saturated rings. The Kier molecular flexibility index (Phi) is 7.62. The molecule has 2 heterocycles. The molecule has 0 radical (unpaired) electrons. The van der Waals surface area contributed by atoms with Crippen LogP contribution in [0.1, 0.15) is 18.5 Å². The molecule has 1 aliphatic rings. The van der Waals surface area contributed by atoms with Gasteiger partial charge in [-0.1, -0.05) is 6.07 Å². The minimum absolute atomic E-state index is 0.0327. The zero-order chi connectivity index (χ0) is 21.3. The standard InChI is InChI=1S/C22H28N4O4/c1-29-18-6-7-19(20(13-18)30-2)25-21(27)15-26-11-8-16(9-12-26)22(28)24-14-17-5-3-4-10-23-17/h3-7,10,13,16H,8-9,11-12,14-15H2,1-2H3,(H,24,28)(H,25,27). The first-order valence-electron chi connectivity index (χ1n) is 10.0. The number of hydrogen-bond acceptors (Lipinski definition) is 6. The Morgan fingerprint density at radius 3 is 2.60 bits per heavy atom. The van der Waals surface area contributed by atoms with Crippen LogP contribution in [0.2, 0.25) is 0 Å². The lowest BCUT2D eigenvalue weighted by Gasteiger charge is -2.30. The van der Waals surface area contributed by atoms with Gasteiger partial charge < -0.3 is 20.1 Å². The molecule has 2 aromatic rings. The number of carbonyl (C=O) groups is 2. The Balaban J connectivity index is 1.43. The fraction of sp³-hybridized carbons (Fsp3) is 0.409. The average molecular weight is 412 g/mol. The van der Waals surface area contributed by atoms with E-state index in [0.717, 1.165) is 18.5 Å². The summed E-state index contributed by atoms with van der Waals surface area (Å²) in [5.74, 6) is 1.11. The maximum atomic E-state index is 12.5. The van der Waals surface area contributed by atoms with Gasteiger partial charge in [0.15, 0.2) is 0 Å². The molecule has 8 heteroatoms. The lowest BCUT2D eigenvalue weighted by molar-refractivity contribution is -0.126. The van der Waals surface area contributed by atoms with Gasteiger partial charge in [-0.2, -0.15) is 0 Å². The first-order valence-corrected chi connectivity index (χ1v) is 10.0. The molecule has 0 spiro atoms. The number of nitrogens with one attached hydrogen (secondary N) is 2. The van der Waals surface area contributed by atoms with Gasteiger partial charge in [0.2, 0.25) is 11.8 Å². The predicted molar refractivity (Wildman–Crippen MR) is 113 cm³/mol. The van der Waals surface area contributed by atoms with Gasteiger partial charge in [0, 0.05) is 18.2 Å². The van der Waals surface area contributed by atoms with E-state index in [2.05, 4.69) is 20.5 Å². The van der Waals surface area contributed by atoms with Crippen molar-refractivity contribution in [2.45, 2.75) is 19.4 Å². The van der Waals surface area contributed by atoms with Crippen molar-refractivity contribution in [1.29, 1.82) is 0 Å². The van der Waals surface area contributed by atoms with Crippen molar-refractivity contribution >= 4 is 17.5 Å². The van der Waals surface area contributed by atoms with Crippen LogP contribution in [0.15, 0.2) is 42.6 Å². The smallest absolute Gasteiger partial charge is 0.238 e. The van der Waals surface area contributed by atoms with Crippen molar-refractivity contribution < 1.29 is 19.1 Å². The number of hydrogen-bond donors (Lipinski definition) is 2. The Morgan fingerprint density at radius 2 is 1.93 bits per heavy atom. The van der Waals surface area contributed by atoms with E-state index in [9.17, 15) is 9.59 Å². The molecule has 30 heavy (non-hydrogen) atoms. The average Bonchev–Trinajstić information content (AvgIpc) is 2.79. The van der Waals surface area contributed by atoms with Crippen LogP contribution in [-0.2, 0) is 16.1 Å². The number of carbonyl (C=O) groups excluding carboxylic acids is 2. The summed E-state index contributed by atoms with van der Waals surface area (Å²) in [6, 6.07) is 10.9. The highest BCUT2D eigenvalue weighted by Gasteiger charge is 2.26. The van der Waals surface area contributed by atoms with Gasteiger partial charge in [-0.25, -0.2) is 0 Å². The number of rotatable bonds is 8. The molecule has 8 nitrogen and oxygen atoms in total. The maximum Gasteiger partial charge on any atom is 0.238 e. The summed E-state index contributed by atoms with van der Waals surface area (Å²) in [4.78, 5) is 31.1. The highest BCUT2D eigenvalue weighted by Crippen LogP contribution is 2.29. The molecule has 160 valence electrons. The Morgan fingerprint density at radius 1 is 1.13 bits per heavy atom. The van der Waals surface area contributed by atoms with Crippen molar-refractivity contribution in [3.63, 3.8) is 0 Å². The van der Waals surface area contributed by atoms with Crippen LogP contribution in [0.5, 0.6) is 11.5 Å². The van der Waals surface area contributed by atoms with Gasteiger partial charge in [-0.3, -0.25) is 19.5 Å². The molecule has 0 unspecified atom stereocenters. The van der Waals surface area contributed by atoms with Crippen LogP contribution < -0.4 is 20.1 Å². The molecule has 0 atom stereocenters. The third-order valence-electron chi connectivity index (χ3n) is 5.18. The summed E-state index contributed by atoms with van der Waals surface area (Å²) in [5, 5.41) is 5.84. The molecule has 2 N–H and O–H groups in total. The molecule has 3 rings (SSSR count). The van der Waals surface area contributed by atoms with E-state index in [1.54, 1.807) is 38.6 Å². The van der Waals surface area contributed by atoms with Crippen molar-refractivity contribution in [2.24, 2.45) is 5.92 Å². The van der Waals surface area contributed by atoms with Crippen molar-refractivity contribution in [3.05, 3.63) is 48.3 Å². The lowest BCUT2D eigenvalue weighted by Crippen LogP contribution is -2.43. The fourth-order valence-corrected chi connectivity index (χ4v) is 3.47. The molecule has 0 aliphatic carbocycles. The number of piperidine rings is 1. The third kappa shape index (κ3) is 5.93. The molecule has 1 aromatic heterocycles. The molecule has 1 aromatic carbocycles. The monoisotopic (exact) mass is 412 g/mol. The minimum atomic E-state index is -0.114. The molecule has 0 bridgehead atoms. The van der Waals surface area contributed by atoms with Gasteiger partial charge in [0.25, 0.3) is 0 Å². The molecule has 2 amide bonds. The predicted octanol–water partition coefficient (Wildman–Crippen LogP) is 2.07.